The molecule has 0 spiro atoms. The number of esters is 1. The molecule has 0 atom stereocenters. The number of fused-ring (bicyclic) bond motifs is 1. The molecule has 1 amide bonds. The van der Waals surface area contributed by atoms with E-state index in [0.717, 1.165) is 33.4 Å². The predicted molar refractivity (Wildman–Crippen MR) is 94.0 cm³/mol. The molecule has 1 N–H and O–H groups in total. The number of hydrogen-bond acceptors (Lipinski definition) is 7. The SMILES string of the molecule is CCOC(=O)Cc1csc(NC(=O)c2cc3c(C(F)(F)F)nn(C)c3s2)n1. The Kier molecular flexibility index (Phi) is 5.20. The maximum Gasteiger partial charge on any atom is 0.435 e. The lowest BCUT2D eigenvalue weighted by Crippen LogP contribution is -2.11. The monoisotopic (exact) mass is 418 g/mol. The van der Waals surface area contributed by atoms with Gasteiger partial charge >= 0.3 is 12.1 Å². The van der Waals surface area contributed by atoms with Crippen LogP contribution in [0.3, 0.4) is 0 Å². The van der Waals surface area contributed by atoms with E-state index in [1.807, 2.05) is 0 Å². The number of carbonyl (C=O) groups is 2. The summed E-state index contributed by atoms with van der Waals surface area (Å²) >= 11 is 2.01. The number of alkyl halides is 3. The van der Waals surface area contributed by atoms with Gasteiger partial charge in [-0.25, -0.2) is 4.98 Å². The van der Waals surface area contributed by atoms with Crippen molar-refractivity contribution < 1.29 is 27.5 Å². The third-order valence-electron chi connectivity index (χ3n) is 3.41. The van der Waals surface area contributed by atoms with Gasteiger partial charge in [0.15, 0.2) is 10.8 Å². The quantitative estimate of drug-likeness (QED) is 0.642. The number of aromatic nitrogens is 3. The van der Waals surface area contributed by atoms with Gasteiger partial charge < -0.3 is 4.74 Å². The number of ether oxygens (including phenoxy) is 1. The summed E-state index contributed by atoms with van der Waals surface area (Å²) in [4.78, 5) is 28.2. The third-order valence-corrected chi connectivity index (χ3v) is 5.41. The number of anilines is 1. The first-order valence-electron chi connectivity index (χ1n) is 7.64. The molecule has 0 radical (unpaired) electrons. The largest absolute Gasteiger partial charge is 0.466 e. The van der Waals surface area contributed by atoms with Crippen molar-refractivity contribution in [1.29, 1.82) is 0 Å². The lowest BCUT2D eigenvalue weighted by molar-refractivity contribution is -0.142. The summed E-state index contributed by atoms with van der Waals surface area (Å²) in [6.07, 6.45) is -4.63. The lowest BCUT2D eigenvalue weighted by atomic mass is 10.3. The van der Waals surface area contributed by atoms with Crippen LogP contribution in [0.5, 0.6) is 0 Å². The van der Waals surface area contributed by atoms with E-state index in [0.29, 0.717) is 5.69 Å². The molecule has 0 saturated heterocycles. The van der Waals surface area contributed by atoms with Crippen molar-refractivity contribution in [2.75, 3.05) is 11.9 Å². The van der Waals surface area contributed by atoms with Crippen LogP contribution < -0.4 is 5.32 Å². The molecule has 0 saturated carbocycles. The second-order valence-corrected chi connectivity index (χ2v) is 7.27. The van der Waals surface area contributed by atoms with E-state index in [2.05, 4.69) is 15.4 Å². The fraction of sp³-hybridized carbons (Fsp3) is 0.333. The van der Waals surface area contributed by atoms with Crippen LogP contribution in [0.4, 0.5) is 18.3 Å². The molecule has 0 aliphatic rings. The number of thiophene rings is 1. The summed E-state index contributed by atoms with van der Waals surface area (Å²) in [5.41, 5.74) is -0.588. The molecule has 144 valence electrons. The molecule has 3 heterocycles. The van der Waals surface area contributed by atoms with Gasteiger partial charge in [-0.2, -0.15) is 18.3 Å². The van der Waals surface area contributed by atoms with Crippen molar-refractivity contribution in [3.8, 4) is 0 Å². The molecule has 0 aromatic carbocycles. The molecule has 0 aliphatic carbocycles. The van der Waals surface area contributed by atoms with Gasteiger partial charge in [0.25, 0.3) is 5.91 Å². The number of amides is 1. The second kappa shape index (κ2) is 7.27. The van der Waals surface area contributed by atoms with Gasteiger partial charge in [-0.15, -0.1) is 22.7 Å². The summed E-state index contributed by atoms with van der Waals surface area (Å²) in [5.74, 6) is -1.02. The highest BCUT2D eigenvalue weighted by Gasteiger charge is 2.37. The molecule has 7 nitrogen and oxygen atoms in total. The average Bonchev–Trinajstić information content (AvgIpc) is 3.24. The van der Waals surface area contributed by atoms with Gasteiger partial charge in [0, 0.05) is 17.8 Å². The summed E-state index contributed by atoms with van der Waals surface area (Å²) in [6, 6.07) is 1.16. The van der Waals surface area contributed by atoms with Crippen LogP contribution in [0.2, 0.25) is 0 Å². The minimum absolute atomic E-state index is 0.0241. The van der Waals surface area contributed by atoms with Gasteiger partial charge in [-0.3, -0.25) is 19.6 Å². The predicted octanol–water partition coefficient (Wildman–Crippen LogP) is 3.47. The zero-order valence-electron chi connectivity index (χ0n) is 14.1. The van der Waals surface area contributed by atoms with Crippen molar-refractivity contribution in [3.63, 3.8) is 0 Å². The Hall–Kier alpha value is -2.47. The summed E-state index contributed by atoms with van der Waals surface area (Å²) in [5, 5.41) is 7.71. The summed E-state index contributed by atoms with van der Waals surface area (Å²) < 4.78 is 45.0. The first-order chi connectivity index (χ1) is 12.7. The van der Waals surface area contributed by atoms with Crippen LogP contribution >= 0.6 is 22.7 Å². The normalized spacial score (nSPS) is 11.7. The van der Waals surface area contributed by atoms with Gasteiger partial charge in [-0.1, -0.05) is 0 Å². The summed E-state index contributed by atoms with van der Waals surface area (Å²) in [6.45, 7) is 1.95. The molecule has 12 heteroatoms. The fourth-order valence-electron chi connectivity index (χ4n) is 2.33. The van der Waals surface area contributed by atoms with Crippen LogP contribution in [0.1, 0.15) is 28.0 Å². The van der Waals surface area contributed by atoms with Crippen molar-refractivity contribution in [2.24, 2.45) is 7.05 Å². The van der Waals surface area contributed by atoms with Gasteiger partial charge in [0.2, 0.25) is 0 Å². The number of nitrogens with zero attached hydrogens (tertiary/aromatic N) is 3. The molecule has 27 heavy (non-hydrogen) atoms. The van der Waals surface area contributed by atoms with Crippen molar-refractivity contribution >= 4 is 49.9 Å². The third kappa shape index (κ3) is 4.11. The topological polar surface area (TPSA) is 86.1 Å². The maximum absolute atomic E-state index is 13.0. The smallest absolute Gasteiger partial charge is 0.435 e. The van der Waals surface area contributed by atoms with Crippen LogP contribution in [-0.2, 0) is 29.2 Å². The molecule has 3 rings (SSSR count). The number of rotatable bonds is 5. The second-order valence-electron chi connectivity index (χ2n) is 5.38. The first-order valence-corrected chi connectivity index (χ1v) is 9.33. The summed E-state index contributed by atoms with van der Waals surface area (Å²) in [7, 11) is 1.39. The van der Waals surface area contributed by atoms with Crippen molar-refractivity contribution in [2.45, 2.75) is 19.5 Å². The Morgan fingerprint density at radius 3 is 2.78 bits per heavy atom. The molecule has 0 fully saturated rings. The Morgan fingerprint density at radius 1 is 1.37 bits per heavy atom. The molecular formula is C15H13F3N4O3S2. The number of thiazole rings is 1. The Morgan fingerprint density at radius 2 is 2.11 bits per heavy atom. The zero-order valence-corrected chi connectivity index (χ0v) is 15.7. The van der Waals surface area contributed by atoms with Crippen LogP contribution in [-0.4, -0.2) is 33.2 Å². The van der Waals surface area contributed by atoms with Crippen molar-refractivity contribution in [3.05, 3.63) is 27.7 Å². The van der Waals surface area contributed by atoms with Crippen molar-refractivity contribution in [1.82, 2.24) is 14.8 Å². The minimum Gasteiger partial charge on any atom is -0.466 e. The van der Waals surface area contributed by atoms with Crippen LogP contribution in [0, 0.1) is 0 Å². The Balaban J connectivity index is 1.77. The Labute approximate surface area is 158 Å². The number of hydrogen-bond donors (Lipinski definition) is 1. The van der Waals surface area contributed by atoms with Crippen LogP contribution in [0.25, 0.3) is 10.2 Å². The van der Waals surface area contributed by atoms with E-state index < -0.39 is 23.7 Å². The molecular weight excluding hydrogens is 405 g/mol. The number of aryl methyl sites for hydroxylation is 1. The zero-order chi connectivity index (χ0) is 19.8. The highest BCUT2D eigenvalue weighted by molar-refractivity contribution is 7.20. The number of carbonyl (C=O) groups excluding carboxylic acids is 2. The van der Waals surface area contributed by atoms with Gasteiger partial charge in [0.05, 0.1) is 23.6 Å². The highest BCUT2D eigenvalue weighted by atomic mass is 32.1. The van der Waals surface area contributed by atoms with Gasteiger partial charge in [-0.05, 0) is 13.0 Å². The average molecular weight is 418 g/mol. The highest BCUT2D eigenvalue weighted by Crippen LogP contribution is 2.37. The molecule has 0 bridgehead atoms. The fourth-order valence-corrected chi connectivity index (χ4v) is 4.00. The molecule has 0 unspecified atom stereocenters. The lowest BCUT2D eigenvalue weighted by Gasteiger charge is -2.01. The minimum atomic E-state index is -4.61. The van der Waals surface area contributed by atoms with E-state index >= 15 is 0 Å². The maximum atomic E-state index is 13.0. The standard InChI is InChI=1S/C15H13F3N4O3S2/c1-3-25-10(23)4-7-6-26-14(19-7)20-12(24)9-5-8-11(15(16,17)18)21-22(2)13(8)27-9/h5-6H,3-4H2,1-2H3,(H,19,20,24). The van der Waals surface area contributed by atoms with Crippen LogP contribution in [0.15, 0.2) is 11.4 Å². The Bertz CT molecular complexity index is 1010. The van der Waals surface area contributed by atoms with E-state index in [4.69, 9.17) is 4.74 Å². The molecule has 3 aromatic heterocycles. The number of nitrogens with one attached hydrogen (secondary N) is 1. The van der Waals surface area contributed by atoms with E-state index in [1.165, 1.54) is 7.05 Å². The van der Waals surface area contributed by atoms with Gasteiger partial charge in [0.1, 0.15) is 4.83 Å². The van der Waals surface area contributed by atoms with E-state index in [9.17, 15) is 22.8 Å². The first kappa shape index (κ1) is 19.3. The van der Waals surface area contributed by atoms with E-state index in [-0.39, 0.29) is 33.3 Å². The van der Waals surface area contributed by atoms with E-state index in [1.54, 1.807) is 12.3 Å². The number of halogens is 3. The molecule has 3 aromatic rings. The molecule has 0 aliphatic heterocycles.